The number of benzene rings is 1. The number of alkyl halides is 3. The minimum atomic E-state index is -4.72. The van der Waals surface area contributed by atoms with E-state index in [9.17, 15) is 18.0 Å². The average Bonchev–Trinajstić information content (AvgIpc) is 2.53. The van der Waals surface area contributed by atoms with Gasteiger partial charge in [0.1, 0.15) is 11.6 Å². The van der Waals surface area contributed by atoms with Crippen molar-refractivity contribution in [3.8, 4) is 5.75 Å². The van der Waals surface area contributed by atoms with Crippen LogP contribution in [0, 0.1) is 0 Å². The number of H-pyrrole nitrogens is 1. The van der Waals surface area contributed by atoms with Crippen LogP contribution in [0.3, 0.4) is 0 Å². The van der Waals surface area contributed by atoms with E-state index in [2.05, 4.69) is 14.7 Å². The molecule has 0 atom stereocenters. The molecule has 146 valence electrons. The predicted molar refractivity (Wildman–Crippen MR) is 94.5 cm³/mol. The second-order valence-electron chi connectivity index (χ2n) is 7.75. The maximum Gasteiger partial charge on any atom is 0.573 e. The lowest BCUT2D eigenvalue weighted by molar-refractivity contribution is -0.274. The van der Waals surface area contributed by atoms with E-state index in [0.717, 1.165) is 5.69 Å². The summed E-state index contributed by atoms with van der Waals surface area (Å²) < 4.78 is 41.1. The van der Waals surface area contributed by atoms with Gasteiger partial charge in [-0.05, 0) is 17.7 Å². The van der Waals surface area contributed by atoms with Crippen molar-refractivity contribution in [2.24, 2.45) is 0 Å². The van der Waals surface area contributed by atoms with Crippen molar-refractivity contribution in [1.29, 1.82) is 0 Å². The Labute approximate surface area is 155 Å². The van der Waals surface area contributed by atoms with Crippen molar-refractivity contribution in [3.63, 3.8) is 0 Å². The number of nitrogens with one attached hydrogen (secondary N) is 1. The molecule has 0 saturated carbocycles. The maximum atomic E-state index is 12.5. The molecule has 0 saturated heterocycles. The highest BCUT2D eigenvalue weighted by molar-refractivity contribution is 5.29. The molecule has 0 spiro atoms. The zero-order valence-electron chi connectivity index (χ0n) is 15.5. The Hall–Kier alpha value is -2.35. The van der Waals surface area contributed by atoms with Gasteiger partial charge in [-0.3, -0.25) is 9.69 Å². The second kappa shape index (κ2) is 6.99. The third-order valence-corrected chi connectivity index (χ3v) is 4.40. The standard InChI is InChI=1S/C19H22F3N3O2/c1-18(2,3)17-23-15-7-8-25(11-14(15)16(26)24-17)10-12-5-4-6-13(9-12)27-19(20,21)22/h4-6,9H,7-8,10-11H2,1-3H3,(H,23,24,26). The molecule has 3 rings (SSSR count). The van der Waals surface area contributed by atoms with Gasteiger partial charge in [-0.2, -0.15) is 0 Å². The smallest absolute Gasteiger partial charge is 0.406 e. The van der Waals surface area contributed by atoms with Gasteiger partial charge in [0.25, 0.3) is 5.56 Å². The Morgan fingerprint density at radius 2 is 2.00 bits per heavy atom. The molecule has 27 heavy (non-hydrogen) atoms. The fraction of sp³-hybridized carbons (Fsp3) is 0.474. The molecule has 5 nitrogen and oxygen atoms in total. The van der Waals surface area contributed by atoms with E-state index in [1.807, 2.05) is 25.7 Å². The Balaban J connectivity index is 1.76. The lowest BCUT2D eigenvalue weighted by atomic mass is 9.95. The maximum absolute atomic E-state index is 12.5. The molecule has 0 fully saturated rings. The molecule has 0 aliphatic carbocycles. The van der Waals surface area contributed by atoms with Crippen molar-refractivity contribution < 1.29 is 17.9 Å². The van der Waals surface area contributed by atoms with Gasteiger partial charge in [-0.1, -0.05) is 32.9 Å². The summed E-state index contributed by atoms with van der Waals surface area (Å²) in [6.07, 6.45) is -4.09. The van der Waals surface area contributed by atoms with E-state index in [4.69, 9.17) is 0 Å². The number of hydrogen-bond donors (Lipinski definition) is 1. The average molecular weight is 381 g/mol. The number of fused-ring (bicyclic) bond motifs is 1. The summed E-state index contributed by atoms with van der Waals surface area (Å²) in [5, 5.41) is 0. The topological polar surface area (TPSA) is 58.2 Å². The number of halogens is 3. The Morgan fingerprint density at radius 3 is 2.67 bits per heavy atom. The summed E-state index contributed by atoms with van der Waals surface area (Å²) in [6, 6.07) is 5.90. The molecular weight excluding hydrogens is 359 g/mol. The lowest BCUT2D eigenvalue weighted by Gasteiger charge is -2.29. The number of rotatable bonds is 3. The summed E-state index contributed by atoms with van der Waals surface area (Å²) >= 11 is 0. The molecule has 0 unspecified atom stereocenters. The number of hydrogen-bond acceptors (Lipinski definition) is 4. The highest BCUT2D eigenvalue weighted by Crippen LogP contribution is 2.25. The van der Waals surface area contributed by atoms with Crippen LogP contribution in [0.25, 0.3) is 0 Å². The van der Waals surface area contributed by atoms with E-state index in [0.29, 0.717) is 43.0 Å². The molecule has 2 heterocycles. The van der Waals surface area contributed by atoms with E-state index >= 15 is 0 Å². The van der Waals surface area contributed by atoms with Crippen molar-refractivity contribution in [2.75, 3.05) is 6.54 Å². The van der Waals surface area contributed by atoms with Gasteiger partial charge in [0, 0.05) is 31.5 Å². The predicted octanol–water partition coefficient (Wildman–Crippen LogP) is 3.52. The molecule has 0 bridgehead atoms. The zero-order valence-corrected chi connectivity index (χ0v) is 15.5. The normalized spacial score (nSPS) is 15.5. The van der Waals surface area contributed by atoms with Crippen molar-refractivity contribution in [3.05, 3.63) is 57.3 Å². The first-order chi connectivity index (χ1) is 12.5. The third-order valence-electron chi connectivity index (χ3n) is 4.40. The summed E-state index contributed by atoms with van der Waals surface area (Å²) in [7, 11) is 0. The molecule has 2 aromatic rings. The first-order valence-corrected chi connectivity index (χ1v) is 8.71. The highest BCUT2D eigenvalue weighted by Gasteiger charge is 2.31. The largest absolute Gasteiger partial charge is 0.573 e. The summed E-state index contributed by atoms with van der Waals surface area (Å²) in [6.45, 7) is 7.48. The van der Waals surface area contributed by atoms with Crippen LogP contribution in [-0.2, 0) is 24.9 Å². The van der Waals surface area contributed by atoms with Gasteiger partial charge in [-0.25, -0.2) is 4.98 Å². The zero-order chi connectivity index (χ0) is 19.8. The fourth-order valence-corrected chi connectivity index (χ4v) is 3.07. The van der Waals surface area contributed by atoms with Crippen LogP contribution in [0.15, 0.2) is 29.1 Å². The summed E-state index contributed by atoms with van der Waals surface area (Å²) in [5.41, 5.74) is 1.72. The SMILES string of the molecule is CC(C)(C)c1nc2c(c(=O)[nH]1)CN(Cc1cccc(OC(F)(F)F)c1)CC2. The number of ether oxygens (including phenoxy) is 1. The van der Waals surface area contributed by atoms with Crippen LogP contribution in [0.2, 0.25) is 0 Å². The van der Waals surface area contributed by atoms with Crippen LogP contribution in [0.5, 0.6) is 5.75 Å². The van der Waals surface area contributed by atoms with E-state index in [1.165, 1.54) is 18.2 Å². The molecule has 1 aromatic carbocycles. The van der Waals surface area contributed by atoms with Crippen LogP contribution in [0.1, 0.15) is 43.4 Å². The molecule has 1 N–H and O–H groups in total. The first-order valence-electron chi connectivity index (χ1n) is 8.71. The summed E-state index contributed by atoms with van der Waals surface area (Å²) in [4.78, 5) is 22.0. The summed E-state index contributed by atoms with van der Waals surface area (Å²) in [5.74, 6) is 0.420. The molecule has 8 heteroatoms. The van der Waals surface area contributed by atoms with Crippen LogP contribution < -0.4 is 10.3 Å². The molecule has 0 radical (unpaired) electrons. The van der Waals surface area contributed by atoms with E-state index < -0.39 is 6.36 Å². The molecule has 1 aromatic heterocycles. The number of nitrogens with zero attached hydrogens (tertiary/aromatic N) is 2. The second-order valence-corrected chi connectivity index (χ2v) is 7.75. The quantitative estimate of drug-likeness (QED) is 0.884. The van der Waals surface area contributed by atoms with Crippen molar-refractivity contribution in [2.45, 2.75) is 52.1 Å². The Morgan fingerprint density at radius 1 is 1.26 bits per heavy atom. The van der Waals surface area contributed by atoms with Crippen LogP contribution in [-0.4, -0.2) is 27.8 Å². The molecule has 0 amide bonds. The Kier molecular flexibility index (Phi) is 5.03. The van der Waals surface area contributed by atoms with Gasteiger partial charge in [0.15, 0.2) is 0 Å². The van der Waals surface area contributed by atoms with Crippen molar-refractivity contribution >= 4 is 0 Å². The molecule has 1 aliphatic rings. The fourth-order valence-electron chi connectivity index (χ4n) is 3.07. The van der Waals surface area contributed by atoms with E-state index in [-0.39, 0.29) is 16.7 Å². The van der Waals surface area contributed by atoms with Gasteiger partial charge < -0.3 is 9.72 Å². The van der Waals surface area contributed by atoms with Crippen molar-refractivity contribution in [1.82, 2.24) is 14.9 Å². The first kappa shape index (κ1) is 19.4. The van der Waals surface area contributed by atoms with Gasteiger partial charge >= 0.3 is 6.36 Å². The Bertz CT molecular complexity index is 885. The lowest BCUT2D eigenvalue weighted by Crippen LogP contribution is -2.37. The number of aromatic amines is 1. The highest BCUT2D eigenvalue weighted by atomic mass is 19.4. The van der Waals surface area contributed by atoms with E-state index in [1.54, 1.807) is 6.07 Å². The van der Waals surface area contributed by atoms with Crippen LogP contribution in [0.4, 0.5) is 13.2 Å². The van der Waals surface area contributed by atoms with Gasteiger partial charge in [0.2, 0.25) is 0 Å². The van der Waals surface area contributed by atoms with Gasteiger partial charge in [-0.15, -0.1) is 13.2 Å². The molecule has 1 aliphatic heterocycles. The monoisotopic (exact) mass is 381 g/mol. The van der Waals surface area contributed by atoms with Gasteiger partial charge in [0.05, 0.1) is 11.3 Å². The minimum absolute atomic E-state index is 0.149. The third kappa shape index (κ3) is 4.88. The van der Waals surface area contributed by atoms with Crippen LogP contribution >= 0.6 is 0 Å². The minimum Gasteiger partial charge on any atom is -0.406 e. The number of aromatic nitrogens is 2. The molecular formula is C19H22F3N3O2.